The van der Waals surface area contributed by atoms with E-state index in [0.717, 1.165) is 13.1 Å². The number of rotatable bonds is 6. The standard InChI is InChI=1S/C23H18F4N4O4/c1-12(29)13(2)34-17-6-4-5-7-18(17)35-19-9-16(15(24)8-14(19)11-28)31-21(32)10-20(23(25,26)27)30(3)22(31)33/h4-10,13,29H,1-3H3. The molecule has 12 heteroatoms. The van der Waals surface area contributed by atoms with Crippen molar-refractivity contribution < 1.29 is 27.0 Å². The number of halogens is 4. The fraction of sp³-hybridized carbons (Fsp3) is 0.217. The first-order valence-electron chi connectivity index (χ1n) is 9.98. The maximum atomic E-state index is 14.8. The molecule has 8 nitrogen and oxygen atoms in total. The molecule has 2 aromatic carbocycles. The van der Waals surface area contributed by atoms with Gasteiger partial charge in [-0.2, -0.15) is 18.4 Å². The number of alkyl halides is 3. The molecule has 0 saturated heterocycles. The van der Waals surface area contributed by atoms with Crippen LogP contribution in [-0.4, -0.2) is 20.9 Å². The second kappa shape index (κ2) is 9.46. The lowest BCUT2D eigenvalue weighted by atomic mass is 10.1. The Morgan fingerprint density at radius 1 is 1.11 bits per heavy atom. The summed E-state index contributed by atoms with van der Waals surface area (Å²) in [7, 11) is 0.792. The van der Waals surface area contributed by atoms with E-state index < -0.39 is 40.7 Å². The van der Waals surface area contributed by atoms with E-state index in [-0.39, 0.29) is 43.7 Å². The molecule has 0 spiro atoms. The van der Waals surface area contributed by atoms with E-state index in [1.807, 2.05) is 0 Å². The molecule has 1 atom stereocenters. The van der Waals surface area contributed by atoms with Crippen molar-refractivity contribution in [1.29, 1.82) is 10.7 Å². The molecule has 0 fully saturated rings. The van der Waals surface area contributed by atoms with E-state index in [1.54, 1.807) is 25.1 Å². The molecule has 182 valence electrons. The van der Waals surface area contributed by atoms with Gasteiger partial charge in [0.15, 0.2) is 11.5 Å². The first kappa shape index (κ1) is 25.2. The zero-order chi connectivity index (χ0) is 26.1. The zero-order valence-electron chi connectivity index (χ0n) is 18.6. The van der Waals surface area contributed by atoms with Crippen molar-refractivity contribution in [2.45, 2.75) is 26.1 Å². The van der Waals surface area contributed by atoms with Crippen LogP contribution in [-0.2, 0) is 13.2 Å². The van der Waals surface area contributed by atoms with Gasteiger partial charge in [-0.05, 0) is 32.0 Å². The first-order chi connectivity index (χ1) is 16.3. The van der Waals surface area contributed by atoms with Crippen LogP contribution >= 0.6 is 0 Å². The minimum atomic E-state index is -4.99. The molecule has 0 aliphatic rings. The smallest absolute Gasteiger partial charge is 0.431 e. The van der Waals surface area contributed by atoms with Crippen molar-refractivity contribution in [3.8, 4) is 29.0 Å². The molecule has 0 amide bonds. The Kier molecular flexibility index (Phi) is 6.82. The van der Waals surface area contributed by atoms with Gasteiger partial charge in [-0.3, -0.25) is 9.36 Å². The van der Waals surface area contributed by atoms with Crippen LogP contribution in [0.25, 0.3) is 5.69 Å². The number of ether oxygens (including phenoxy) is 2. The average molecular weight is 490 g/mol. The Morgan fingerprint density at radius 3 is 2.31 bits per heavy atom. The van der Waals surface area contributed by atoms with Gasteiger partial charge in [0.2, 0.25) is 0 Å². The van der Waals surface area contributed by atoms with Gasteiger partial charge < -0.3 is 14.9 Å². The summed E-state index contributed by atoms with van der Waals surface area (Å²) in [5.74, 6) is -1.23. The summed E-state index contributed by atoms with van der Waals surface area (Å²) in [5.41, 5.74) is -5.17. The number of hydrogen-bond donors (Lipinski definition) is 1. The minimum absolute atomic E-state index is 0.0716. The van der Waals surface area contributed by atoms with Crippen LogP contribution in [0.2, 0.25) is 0 Å². The second-order valence-electron chi connectivity index (χ2n) is 7.45. The van der Waals surface area contributed by atoms with E-state index in [4.69, 9.17) is 14.9 Å². The summed E-state index contributed by atoms with van der Waals surface area (Å²) in [5, 5.41) is 17.1. The summed E-state index contributed by atoms with van der Waals surface area (Å²) < 4.78 is 66.0. The van der Waals surface area contributed by atoms with Gasteiger partial charge in [-0.25, -0.2) is 13.8 Å². The molecule has 0 saturated carbocycles. The van der Waals surface area contributed by atoms with Crippen LogP contribution in [0.5, 0.6) is 17.2 Å². The van der Waals surface area contributed by atoms with Gasteiger partial charge in [-0.1, -0.05) is 12.1 Å². The molecule has 1 unspecified atom stereocenters. The summed E-state index contributed by atoms with van der Waals surface area (Å²) in [6, 6.07) is 9.66. The zero-order valence-corrected chi connectivity index (χ0v) is 18.6. The highest BCUT2D eigenvalue weighted by atomic mass is 19.4. The largest absolute Gasteiger partial charge is 0.481 e. The Morgan fingerprint density at radius 2 is 1.74 bits per heavy atom. The van der Waals surface area contributed by atoms with Crippen LogP contribution in [0.3, 0.4) is 0 Å². The third-order valence-electron chi connectivity index (χ3n) is 5.00. The van der Waals surface area contributed by atoms with Crippen LogP contribution < -0.4 is 20.7 Å². The number of nitriles is 1. The molecule has 1 N–H and O–H groups in total. The van der Waals surface area contributed by atoms with Crippen molar-refractivity contribution in [1.82, 2.24) is 9.13 Å². The molecular weight excluding hydrogens is 472 g/mol. The van der Waals surface area contributed by atoms with Crippen molar-refractivity contribution in [2.75, 3.05) is 0 Å². The van der Waals surface area contributed by atoms with E-state index in [2.05, 4.69) is 0 Å². The highest BCUT2D eigenvalue weighted by Gasteiger charge is 2.35. The molecule has 1 heterocycles. The Labute approximate surface area is 195 Å². The van der Waals surface area contributed by atoms with Crippen molar-refractivity contribution in [3.63, 3.8) is 0 Å². The quantitative estimate of drug-likeness (QED) is 0.412. The third kappa shape index (κ3) is 5.08. The highest BCUT2D eigenvalue weighted by molar-refractivity contribution is 5.83. The normalized spacial score (nSPS) is 12.1. The molecule has 0 aliphatic carbocycles. The van der Waals surface area contributed by atoms with Gasteiger partial charge in [0.1, 0.15) is 29.4 Å². The Bertz CT molecular complexity index is 1470. The lowest BCUT2D eigenvalue weighted by Gasteiger charge is -2.18. The van der Waals surface area contributed by atoms with Crippen LogP contribution in [0, 0.1) is 22.6 Å². The van der Waals surface area contributed by atoms with Gasteiger partial charge >= 0.3 is 11.9 Å². The third-order valence-corrected chi connectivity index (χ3v) is 5.00. The van der Waals surface area contributed by atoms with E-state index in [1.165, 1.54) is 19.1 Å². The molecule has 0 aliphatic heterocycles. The molecule has 3 aromatic rings. The second-order valence-corrected chi connectivity index (χ2v) is 7.45. The van der Waals surface area contributed by atoms with E-state index in [0.29, 0.717) is 6.07 Å². The molecule has 35 heavy (non-hydrogen) atoms. The maximum absolute atomic E-state index is 14.8. The topological polar surface area (TPSA) is 110 Å². The number of nitrogens with one attached hydrogen (secondary N) is 1. The summed E-state index contributed by atoms with van der Waals surface area (Å²) in [4.78, 5) is 25.0. The lowest BCUT2D eigenvalue weighted by molar-refractivity contribution is -0.144. The van der Waals surface area contributed by atoms with Gasteiger partial charge in [-0.15, -0.1) is 0 Å². The molecule has 1 aromatic heterocycles. The predicted octanol–water partition coefficient (Wildman–Crippen LogP) is 4.17. The summed E-state index contributed by atoms with van der Waals surface area (Å²) in [6.07, 6.45) is -5.60. The summed E-state index contributed by atoms with van der Waals surface area (Å²) in [6.45, 7) is 3.17. The lowest BCUT2D eigenvalue weighted by Crippen LogP contribution is -2.41. The minimum Gasteiger partial charge on any atom is -0.481 e. The highest BCUT2D eigenvalue weighted by Crippen LogP contribution is 2.35. The molecule has 0 bridgehead atoms. The number of para-hydroxylation sites is 2. The van der Waals surface area contributed by atoms with Crippen molar-refractivity contribution in [2.24, 2.45) is 7.05 Å². The average Bonchev–Trinajstić information content (AvgIpc) is 2.78. The number of aromatic nitrogens is 2. The van der Waals surface area contributed by atoms with Gasteiger partial charge in [0, 0.05) is 24.9 Å². The molecule has 3 rings (SSSR count). The number of nitrogens with zero attached hydrogens (tertiary/aromatic N) is 3. The van der Waals surface area contributed by atoms with Gasteiger partial charge in [0.05, 0.1) is 11.3 Å². The van der Waals surface area contributed by atoms with Gasteiger partial charge in [0.25, 0.3) is 5.56 Å². The maximum Gasteiger partial charge on any atom is 0.431 e. The van der Waals surface area contributed by atoms with Crippen LogP contribution in [0.15, 0.2) is 52.1 Å². The molecule has 0 radical (unpaired) electrons. The monoisotopic (exact) mass is 490 g/mol. The first-order valence-corrected chi connectivity index (χ1v) is 9.98. The Balaban J connectivity index is 2.17. The van der Waals surface area contributed by atoms with Crippen LogP contribution in [0.4, 0.5) is 17.6 Å². The van der Waals surface area contributed by atoms with E-state index in [9.17, 15) is 32.4 Å². The number of hydrogen-bond acceptors (Lipinski definition) is 6. The van der Waals surface area contributed by atoms with Crippen LogP contribution in [0.1, 0.15) is 25.1 Å². The number of benzene rings is 2. The fourth-order valence-electron chi connectivity index (χ4n) is 3.03. The SMILES string of the molecule is CC(=N)C(C)Oc1ccccc1Oc1cc(-n2c(=O)cc(C(F)(F)F)n(C)c2=O)c(F)cc1C#N. The van der Waals surface area contributed by atoms with Crippen molar-refractivity contribution in [3.05, 3.63) is 80.4 Å². The Hall–Kier alpha value is -4.40. The summed E-state index contributed by atoms with van der Waals surface area (Å²) >= 11 is 0. The predicted molar refractivity (Wildman–Crippen MR) is 117 cm³/mol. The van der Waals surface area contributed by atoms with E-state index >= 15 is 0 Å². The fourth-order valence-corrected chi connectivity index (χ4v) is 3.03. The van der Waals surface area contributed by atoms with Crippen molar-refractivity contribution >= 4 is 5.71 Å². The molecular formula is C23H18F4N4O4.